The number of carbonyl (C=O) groups is 1. The summed E-state index contributed by atoms with van der Waals surface area (Å²) in [5, 5.41) is 12.5. The second-order valence-electron chi connectivity index (χ2n) is 5.92. The molecule has 1 heterocycles. The van der Waals surface area contributed by atoms with Crippen LogP contribution in [0.4, 0.5) is 0 Å². The smallest absolute Gasteiger partial charge is 0.223 e. The van der Waals surface area contributed by atoms with Crippen LogP contribution in [0.5, 0.6) is 0 Å². The van der Waals surface area contributed by atoms with Gasteiger partial charge < -0.3 is 10.1 Å². The van der Waals surface area contributed by atoms with Crippen LogP contribution in [0, 0.1) is 0 Å². The topological polar surface area (TPSA) is 56.1 Å². The van der Waals surface area contributed by atoms with Crippen molar-refractivity contribution in [2.75, 3.05) is 26.2 Å². The van der Waals surface area contributed by atoms with E-state index in [0.717, 1.165) is 31.7 Å². The maximum Gasteiger partial charge on any atom is 0.223 e. The molecule has 1 fully saturated rings. The van der Waals surface area contributed by atoms with Crippen LogP contribution >= 0.6 is 0 Å². The molecule has 2 rings (SSSR count). The van der Waals surface area contributed by atoms with Crippen molar-refractivity contribution in [3.05, 3.63) is 35.9 Å². The fraction of sp³-hybridized carbons (Fsp3) is 0.529. The number of hydrogen-bond acceptors (Lipinski definition) is 4. The van der Waals surface area contributed by atoms with Crippen LogP contribution in [-0.2, 0) is 4.79 Å². The van der Waals surface area contributed by atoms with Gasteiger partial charge in [-0.1, -0.05) is 35.5 Å². The van der Waals surface area contributed by atoms with Crippen LogP contribution in [0.25, 0.3) is 0 Å². The van der Waals surface area contributed by atoms with Gasteiger partial charge in [0.25, 0.3) is 0 Å². The molecule has 5 nitrogen and oxygen atoms in total. The molecule has 0 aromatic heterocycles. The van der Waals surface area contributed by atoms with Gasteiger partial charge in [-0.25, -0.2) is 0 Å². The molecule has 22 heavy (non-hydrogen) atoms. The number of benzene rings is 1. The van der Waals surface area contributed by atoms with E-state index in [1.54, 1.807) is 0 Å². The van der Waals surface area contributed by atoms with E-state index >= 15 is 0 Å². The Balaban J connectivity index is 1.83. The average molecular weight is 303 g/mol. The normalized spacial score (nSPS) is 17.0. The highest BCUT2D eigenvalue weighted by atomic mass is 16.4. The molecule has 0 spiro atoms. The summed E-state index contributed by atoms with van der Waals surface area (Å²) in [6.07, 6.45) is 0.847. The summed E-state index contributed by atoms with van der Waals surface area (Å²) in [5.74, 6) is 0.139. The molecular weight excluding hydrogens is 278 g/mol. The number of hydrogen-bond donors (Lipinski definition) is 1. The van der Waals surface area contributed by atoms with Crippen molar-refractivity contribution in [1.29, 1.82) is 0 Å². The van der Waals surface area contributed by atoms with E-state index in [4.69, 9.17) is 5.21 Å². The lowest BCUT2D eigenvalue weighted by atomic mass is 10.1. The predicted octanol–water partition coefficient (Wildman–Crippen LogP) is 2.20. The molecule has 0 aliphatic carbocycles. The zero-order valence-electron chi connectivity index (χ0n) is 13.4. The highest BCUT2D eigenvalue weighted by molar-refractivity contribution is 6.01. The van der Waals surface area contributed by atoms with Gasteiger partial charge in [-0.05, 0) is 19.4 Å². The fourth-order valence-electron chi connectivity index (χ4n) is 2.75. The van der Waals surface area contributed by atoms with E-state index in [-0.39, 0.29) is 5.91 Å². The minimum Gasteiger partial charge on any atom is -0.411 e. The Morgan fingerprint density at radius 2 is 1.77 bits per heavy atom. The maximum absolute atomic E-state index is 12.3. The van der Waals surface area contributed by atoms with Gasteiger partial charge in [0.15, 0.2) is 0 Å². The number of piperazine rings is 1. The van der Waals surface area contributed by atoms with Crippen molar-refractivity contribution in [2.45, 2.75) is 32.7 Å². The van der Waals surface area contributed by atoms with Gasteiger partial charge in [0.2, 0.25) is 5.91 Å². The van der Waals surface area contributed by atoms with Crippen LogP contribution in [0.15, 0.2) is 35.5 Å². The first kappa shape index (κ1) is 16.5. The third kappa shape index (κ3) is 4.31. The van der Waals surface area contributed by atoms with Gasteiger partial charge >= 0.3 is 0 Å². The van der Waals surface area contributed by atoms with Crippen molar-refractivity contribution >= 4 is 11.6 Å². The number of rotatable bonds is 5. The highest BCUT2D eigenvalue weighted by Crippen LogP contribution is 2.11. The van der Waals surface area contributed by atoms with Crippen molar-refractivity contribution in [2.24, 2.45) is 5.16 Å². The van der Waals surface area contributed by atoms with Crippen molar-refractivity contribution in [3.63, 3.8) is 0 Å². The molecule has 1 aliphatic rings. The molecule has 1 amide bonds. The van der Waals surface area contributed by atoms with E-state index in [2.05, 4.69) is 23.9 Å². The first-order valence-corrected chi connectivity index (χ1v) is 7.90. The lowest BCUT2D eigenvalue weighted by Gasteiger charge is -2.37. The van der Waals surface area contributed by atoms with Gasteiger partial charge in [0.1, 0.15) is 0 Å². The van der Waals surface area contributed by atoms with Crippen molar-refractivity contribution in [3.8, 4) is 0 Å². The minimum absolute atomic E-state index is 0.139. The lowest BCUT2D eigenvalue weighted by molar-refractivity contribution is -0.133. The summed E-state index contributed by atoms with van der Waals surface area (Å²) in [6, 6.07) is 10.0. The fourth-order valence-corrected chi connectivity index (χ4v) is 2.75. The summed E-state index contributed by atoms with van der Waals surface area (Å²) >= 11 is 0. The second kappa shape index (κ2) is 7.94. The largest absolute Gasteiger partial charge is 0.411 e. The number of amides is 1. The summed E-state index contributed by atoms with van der Waals surface area (Å²) in [7, 11) is 0. The van der Waals surface area contributed by atoms with E-state index in [1.807, 2.05) is 35.2 Å². The molecule has 0 bridgehead atoms. The molecule has 0 radical (unpaired) electrons. The molecule has 1 saturated heterocycles. The zero-order valence-corrected chi connectivity index (χ0v) is 13.4. The Morgan fingerprint density at radius 3 is 2.32 bits per heavy atom. The van der Waals surface area contributed by atoms with Gasteiger partial charge in [0.05, 0.1) is 5.71 Å². The molecule has 1 aliphatic heterocycles. The molecule has 0 saturated carbocycles. The molecule has 1 aromatic rings. The van der Waals surface area contributed by atoms with E-state index in [9.17, 15) is 4.79 Å². The third-order valence-electron chi connectivity index (χ3n) is 4.20. The van der Waals surface area contributed by atoms with Crippen LogP contribution in [-0.4, -0.2) is 58.8 Å². The monoisotopic (exact) mass is 303 g/mol. The molecule has 1 N–H and O–H groups in total. The maximum atomic E-state index is 12.3. The predicted molar refractivity (Wildman–Crippen MR) is 87.3 cm³/mol. The Morgan fingerprint density at radius 1 is 1.14 bits per heavy atom. The number of nitrogens with zero attached hydrogens (tertiary/aromatic N) is 3. The third-order valence-corrected chi connectivity index (χ3v) is 4.20. The van der Waals surface area contributed by atoms with Gasteiger partial charge in [0, 0.05) is 45.1 Å². The first-order chi connectivity index (χ1) is 10.6. The summed E-state index contributed by atoms with van der Waals surface area (Å²) < 4.78 is 0. The van der Waals surface area contributed by atoms with E-state index in [0.29, 0.717) is 24.6 Å². The average Bonchev–Trinajstić information content (AvgIpc) is 2.56. The Kier molecular flexibility index (Phi) is 5.95. The quantitative estimate of drug-likeness (QED) is 0.515. The molecule has 0 unspecified atom stereocenters. The van der Waals surface area contributed by atoms with Gasteiger partial charge in [-0.3, -0.25) is 9.69 Å². The van der Waals surface area contributed by atoms with E-state index < -0.39 is 0 Å². The molecule has 0 atom stereocenters. The summed E-state index contributed by atoms with van der Waals surface area (Å²) in [5.41, 5.74) is 1.43. The van der Waals surface area contributed by atoms with Crippen LogP contribution < -0.4 is 0 Å². The van der Waals surface area contributed by atoms with Crippen LogP contribution in [0.1, 0.15) is 32.3 Å². The SMILES string of the molecule is CC(C)N1CCN(C(=O)CCC(=NO)c2ccccc2)CC1. The Bertz CT molecular complexity index is 506. The molecule has 120 valence electrons. The molecular formula is C17H25N3O2. The Labute approximate surface area is 132 Å². The van der Waals surface area contributed by atoms with Crippen LogP contribution in [0.3, 0.4) is 0 Å². The Hall–Kier alpha value is -1.88. The second-order valence-corrected chi connectivity index (χ2v) is 5.92. The standard InChI is InChI=1S/C17H25N3O2/c1-14(2)19-10-12-20(13-11-19)17(21)9-8-16(18-22)15-6-4-3-5-7-15/h3-7,14,22H,8-13H2,1-2H3. The minimum atomic E-state index is 0.139. The lowest BCUT2D eigenvalue weighted by Crippen LogP contribution is -2.50. The molecule has 5 heteroatoms. The van der Waals surface area contributed by atoms with Crippen molar-refractivity contribution in [1.82, 2.24) is 9.80 Å². The summed E-state index contributed by atoms with van der Waals surface area (Å²) in [4.78, 5) is 16.6. The first-order valence-electron chi connectivity index (χ1n) is 7.90. The van der Waals surface area contributed by atoms with Gasteiger partial charge in [-0.15, -0.1) is 0 Å². The highest BCUT2D eigenvalue weighted by Gasteiger charge is 2.22. The number of carbonyl (C=O) groups excluding carboxylic acids is 1. The number of oxime groups is 1. The zero-order chi connectivity index (χ0) is 15.9. The van der Waals surface area contributed by atoms with Crippen LogP contribution in [0.2, 0.25) is 0 Å². The summed E-state index contributed by atoms with van der Waals surface area (Å²) in [6.45, 7) is 7.80. The molecule has 1 aromatic carbocycles. The van der Waals surface area contributed by atoms with E-state index in [1.165, 1.54) is 0 Å². The van der Waals surface area contributed by atoms with Gasteiger partial charge in [-0.2, -0.15) is 0 Å². The van der Waals surface area contributed by atoms with Crippen molar-refractivity contribution < 1.29 is 10.0 Å².